The fraction of sp³-hybridized carbons (Fsp3) is 0.393. The van der Waals surface area contributed by atoms with Gasteiger partial charge in [0.1, 0.15) is 17.1 Å². The molecule has 0 spiro atoms. The molecule has 2 aliphatic rings. The minimum atomic E-state index is -4.66. The molecule has 5 rings (SSSR count). The number of aromatic nitrogens is 2. The second-order valence-corrected chi connectivity index (χ2v) is 9.81. The van der Waals surface area contributed by atoms with E-state index in [4.69, 9.17) is 9.47 Å². The summed E-state index contributed by atoms with van der Waals surface area (Å²) in [5, 5.41) is 8.55. The van der Waals surface area contributed by atoms with Gasteiger partial charge in [-0.1, -0.05) is 12.1 Å². The minimum absolute atomic E-state index is 0.0200. The third kappa shape index (κ3) is 6.63. The zero-order valence-electron chi connectivity index (χ0n) is 22.8. The Bertz CT molecular complexity index is 1390. The van der Waals surface area contributed by atoms with Gasteiger partial charge < -0.3 is 30.3 Å². The number of piperazine rings is 1. The van der Waals surface area contributed by atoms with Crippen LogP contribution in [0.25, 0.3) is 0 Å². The van der Waals surface area contributed by atoms with Gasteiger partial charge in [0.05, 0.1) is 25.8 Å². The number of carbonyl (C=O) groups is 1. The van der Waals surface area contributed by atoms with Crippen molar-refractivity contribution in [3.8, 4) is 5.75 Å². The van der Waals surface area contributed by atoms with E-state index in [1.807, 2.05) is 12.1 Å². The van der Waals surface area contributed by atoms with E-state index in [1.54, 1.807) is 31.4 Å². The van der Waals surface area contributed by atoms with Crippen molar-refractivity contribution in [3.63, 3.8) is 0 Å². The average molecular weight is 572 g/mol. The van der Waals surface area contributed by atoms with Gasteiger partial charge >= 0.3 is 6.18 Å². The topological polar surface area (TPSA) is 104 Å². The average Bonchev–Trinajstić information content (AvgIpc) is 3.35. The molecule has 1 aromatic heterocycles. The molecular weight excluding hydrogens is 539 g/mol. The second kappa shape index (κ2) is 12.2. The first kappa shape index (κ1) is 28.4. The number of fused-ring (bicyclic) bond motifs is 1. The molecule has 13 heteroatoms. The van der Waals surface area contributed by atoms with Gasteiger partial charge in [-0.2, -0.15) is 18.2 Å². The van der Waals surface area contributed by atoms with Crippen molar-refractivity contribution in [2.45, 2.75) is 19.1 Å². The lowest BCUT2D eigenvalue weighted by atomic mass is 10.0. The van der Waals surface area contributed by atoms with E-state index in [-0.39, 0.29) is 30.6 Å². The summed E-state index contributed by atoms with van der Waals surface area (Å²) in [5.41, 5.74) is 2.64. The lowest BCUT2D eigenvalue weighted by molar-refractivity contribution is -0.137. The number of halogens is 3. The standard InChI is InChI=1S/C28H32F3N7O3/c1-40-13-12-37-8-10-38(11-9-37)19-6-7-23(24(14-19)41-2)35-27-33-17-21(28(29,30)31)26(36-27)32-16-18-4-3-5-22-20(18)15-25(39)34-22/h3-7,14,17H,8-13,15-16H2,1-2H3,(H,34,39)(H2,32,33,35,36). The smallest absolute Gasteiger partial charge is 0.421 e. The first-order valence-electron chi connectivity index (χ1n) is 13.2. The van der Waals surface area contributed by atoms with Gasteiger partial charge in [0.25, 0.3) is 0 Å². The van der Waals surface area contributed by atoms with Crippen LogP contribution >= 0.6 is 0 Å². The van der Waals surface area contributed by atoms with Crippen molar-refractivity contribution < 1.29 is 27.4 Å². The van der Waals surface area contributed by atoms with Crippen LogP contribution in [0.4, 0.5) is 42.0 Å². The Morgan fingerprint density at radius 1 is 1.10 bits per heavy atom. The highest BCUT2D eigenvalue weighted by Crippen LogP contribution is 2.36. The van der Waals surface area contributed by atoms with E-state index in [1.165, 1.54) is 7.11 Å². The quantitative estimate of drug-likeness (QED) is 0.332. The largest absolute Gasteiger partial charge is 0.494 e. The van der Waals surface area contributed by atoms with Gasteiger partial charge in [0.2, 0.25) is 11.9 Å². The van der Waals surface area contributed by atoms with E-state index >= 15 is 0 Å². The number of amides is 1. The first-order chi connectivity index (χ1) is 19.7. The van der Waals surface area contributed by atoms with Gasteiger partial charge in [-0.15, -0.1) is 0 Å². The molecule has 2 aliphatic heterocycles. The molecule has 3 heterocycles. The minimum Gasteiger partial charge on any atom is -0.494 e. The number of alkyl halides is 3. The molecule has 2 aromatic carbocycles. The molecule has 0 unspecified atom stereocenters. The molecule has 10 nitrogen and oxygen atoms in total. The summed E-state index contributed by atoms with van der Waals surface area (Å²) in [4.78, 5) is 24.5. The molecule has 41 heavy (non-hydrogen) atoms. The summed E-state index contributed by atoms with van der Waals surface area (Å²) in [6, 6.07) is 10.9. The number of nitrogens with zero attached hydrogens (tertiary/aromatic N) is 4. The maximum absolute atomic E-state index is 13.8. The van der Waals surface area contributed by atoms with Crippen molar-refractivity contribution in [1.82, 2.24) is 14.9 Å². The molecule has 3 aromatic rings. The number of carbonyl (C=O) groups excluding carboxylic acids is 1. The van der Waals surface area contributed by atoms with Gasteiger partial charge in [0.15, 0.2) is 0 Å². The van der Waals surface area contributed by atoms with E-state index < -0.39 is 11.7 Å². The van der Waals surface area contributed by atoms with Crippen LogP contribution in [-0.2, 0) is 28.7 Å². The third-order valence-electron chi connectivity index (χ3n) is 7.21. The molecule has 0 aliphatic carbocycles. The summed E-state index contributed by atoms with van der Waals surface area (Å²) in [6.45, 7) is 5.18. The number of rotatable bonds is 10. The van der Waals surface area contributed by atoms with Crippen LogP contribution in [0.2, 0.25) is 0 Å². The Kier molecular flexibility index (Phi) is 8.45. The fourth-order valence-corrected chi connectivity index (χ4v) is 4.99. The van der Waals surface area contributed by atoms with Crippen LogP contribution in [0.5, 0.6) is 5.75 Å². The predicted octanol–water partition coefficient (Wildman–Crippen LogP) is 4.12. The fourth-order valence-electron chi connectivity index (χ4n) is 4.99. The molecular formula is C28H32F3N7O3. The summed E-state index contributed by atoms with van der Waals surface area (Å²) < 4.78 is 52.2. The highest BCUT2D eigenvalue weighted by Gasteiger charge is 2.35. The highest BCUT2D eigenvalue weighted by atomic mass is 19.4. The zero-order valence-corrected chi connectivity index (χ0v) is 22.8. The monoisotopic (exact) mass is 571 g/mol. The number of nitrogens with one attached hydrogen (secondary N) is 3. The maximum atomic E-state index is 13.8. The van der Waals surface area contributed by atoms with Crippen LogP contribution in [0.3, 0.4) is 0 Å². The van der Waals surface area contributed by atoms with Crippen LogP contribution in [0.1, 0.15) is 16.7 Å². The summed E-state index contributed by atoms with van der Waals surface area (Å²) in [5.74, 6) is -0.0270. The van der Waals surface area contributed by atoms with E-state index in [0.717, 1.165) is 50.2 Å². The van der Waals surface area contributed by atoms with Crippen molar-refractivity contribution >= 4 is 34.7 Å². The van der Waals surface area contributed by atoms with Crippen molar-refractivity contribution in [2.24, 2.45) is 0 Å². The Labute approximate surface area is 235 Å². The Morgan fingerprint density at radius 2 is 1.90 bits per heavy atom. The SMILES string of the molecule is COCCN1CCN(c2ccc(Nc3ncc(C(F)(F)F)c(NCc4cccc5c4CC(=O)N5)n3)c(OC)c2)CC1. The lowest BCUT2D eigenvalue weighted by Gasteiger charge is -2.36. The Balaban J connectivity index is 1.32. The van der Waals surface area contributed by atoms with Gasteiger partial charge in [-0.25, -0.2) is 4.98 Å². The lowest BCUT2D eigenvalue weighted by Crippen LogP contribution is -2.47. The number of benzene rings is 2. The highest BCUT2D eigenvalue weighted by molar-refractivity contribution is 5.99. The number of hydrogen-bond acceptors (Lipinski definition) is 9. The zero-order chi connectivity index (χ0) is 29.0. The van der Waals surface area contributed by atoms with Crippen LogP contribution in [0.15, 0.2) is 42.6 Å². The number of hydrogen-bond donors (Lipinski definition) is 3. The maximum Gasteiger partial charge on any atom is 0.421 e. The van der Waals surface area contributed by atoms with Crippen LogP contribution < -0.4 is 25.6 Å². The first-order valence-corrected chi connectivity index (χ1v) is 13.2. The van der Waals surface area contributed by atoms with Gasteiger partial charge in [0, 0.05) is 70.0 Å². The molecule has 0 atom stereocenters. The van der Waals surface area contributed by atoms with Crippen molar-refractivity contribution in [3.05, 3.63) is 59.3 Å². The second-order valence-electron chi connectivity index (χ2n) is 9.81. The molecule has 1 saturated heterocycles. The normalized spacial score (nSPS) is 15.4. The number of anilines is 5. The van der Waals surface area contributed by atoms with Gasteiger partial charge in [-0.05, 0) is 29.3 Å². The summed E-state index contributed by atoms with van der Waals surface area (Å²) in [7, 11) is 3.23. The molecule has 218 valence electrons. The Hall–Kier alpha value is -4.10. The molecule has 1 fully saturated rings. The van der Waals surface area contributed by atoms with Gasteiger partial charge in [-0.3, -0.25) is 9.69 Å². The van der Waals surface area contributed by atoms with Crippen LogP contribution in [0, 0.1) is 0 Å². The summed E-state index contributed by atoms with van der Waals surface area (Å²) in [6.07, 6.45) is -3.73. The van der Waals surface area contributed by atoms with E-state index in [2.05, 4.69) is 35.7 Å². The number of methoxy groups -OCH3 is 2. The number of ether oxygens (including phenoxy) is 2. The Morgan fingerprint density at radius 3 is 2.63 bits per heavy atom. The molecule has 1 amide bonds. The van der Waals surface area contributed by atoms with E-state index in [9.17, 15) is 18.0 Å². The predicted molar refractivity (Wildman–Crippen MR) is 150 cm³/mol. The summed E-state index contributed by atoms with van der Waals surface area (Å²) >= 11 is 0. The van der Waals surface area contributed by atoms with Crippen molar-refractivity contribution in [1.29, 1.82) is 0 Å². The molecule has 0 radical (unpaired) electrons. The van der Waals surface area contributed by atoms with Crippen molar-refractivity contribution in [2.75, 3.05) is 74.4 Å². The van der Waals surface area contributed by atoms with E-state index in [0.29, 0.717) is 29.3 Å². The molecule has 3 N–H and O–H groups in total. The van der Waals surface area contributed by atoms with Crippen LogP contribution in [-0.4, -0.2) is 74.3 Å². The third-order valence-corrected chi connectivity index (χ3v) is 7.21. The molecule has 0 saturated carbocycles. The molecule has 0 bridgehead atoms.